The first-order valence-corrected chi connectivity index (χ1v) is 26.8. The fraction of sp³-hybridized carbons (Fsp3) is 0.310. The second-order valence-corrected chi connectivity index (χ2v) is 20.2. The van der Waals surface area contributed by atoms with E-state index < -0.39 is 34.6 Å². The summed E-state index contributed by atoms with van der Waals surface area (Å²) in [4.78, 5) is 83.1. The minimum Gasteiger partial charge on any atom is -0.494 e. The summed E-state index contributed by atoms with van der Waals surface area (Å²) in [6, 6.07) is 19.4. The van der Waals surface area contributed by atoms with E-state index in [2.05, 4.69) is 55.4 Å². The molecule has 2 saturated heterocycles. The van der Waals surface area contributed by atoms with Crippen LogP contribution in [0.15, 0.2) is 123 Å². The van der Waals surface area contributed by atoms with Crippen LogP contribution in [0.3, 0.4) is 0 Å². The lowest BCUT2D eigenvalue weighted by Crippen LogP contribution is -2.48. The van der Waals surface area contributed by atoms with Crippen LogP contribution in [0.1, 0.15) is 80.8 Å². The summed E-state index contributed by atoms with van der Waals surface area (Å²) < 4.78 is 17.4. The van der Waals surface area contributed by atoms with E-state index >= 15 is 0 Å². The number of hydrogen-bond acceptors (Lipinski definition) is 17. The van der Waals surface area contributed by atoms with Gasteiger partial charge in [0.25, 0.3) is 17.5 Å². The molecule has 2 unspecified atom stereocenters. The van der Waals surface area contributed by atoms with E-state index in [0.29, 0.717) is 88.3 Å². The number of aromatic amines is 2. The van der Waals surface area contributed by atoms with Gasteiger partial charge in [-0.2, -0.15) is 10.2 Å². The molecule has 428 valence electrons. The van der Waals surface area contributed by atoms with Crippen molar-refractivity contribution in [2.24, 2.45) is 25.9 Å². The Balaban J connectivity index is 0.000000154. The molecule has 8 aromatic heterocycles. The highest BCUT2D eigenvalue weighted by atomic mass is 16.5. The molecule has 2 fully saturated rings. The molecular formula is C58H62N16O9. The monoisotopic (exact) mass is 1130 g/mol. The van der Waals surface area contributed by atoms with Crippen LogP contribution in [-0.4, -0.2) is 153 Å². The molecule has 0 bridgehead atoms. The Bertz CT molecular complexity index is 3940. The topological polar surface area (TPSA) is 317 Å². The maximum Gasteiger partial charge on any atom is 0.377 e. The van der Waals surface area contributed by atoms with Crippen molar-refractivity contribution in [3.05, 3.63) is 168 Å². The molecule has 25 heteroatoms. The number of H-pyrrole nitrogens is 2. The summed E-state index contributed by atoms with van der Waals surface area (Å²) in [6.07, 6.45) is 18.8. The van der Waals surface area contributed by atoms with Crippen molar-refractivity contribution < 1.29 is 44.0 Å². The largest absolute Gasteiger partial charge is 0.494 e. The highest BCUT2D eigenvalue weighted by molar-refractivity contribution is 6.45. The Labute approximate surface area is 475 Å². The smallest absolute Gasteiger partial charge is 0.377 e. The number of carbonyl (C=O) groups is 4. The van der Waals surface area contributed by atoms with Crippen molar-refractivity contribution in [1.82, 2.24) is 78.8 Å². The molecule has 2 atom stereocenters. The number of rotatable bonds is 14. The second-order valence-electron chi connectivity index (χ2n) is 20.2. The van der Waals surface area contributed by atoms with E-state index in [1.807, 2.05) is 90.1 Å². The normalized spacial score (nSPS) is 15.3. The molecule has 2 aliphatic heterocycles. The number of aromatic nitrogens is 14. The molecule has 0 radical (unpaired) electrons. The number of carbonyl (C=O) groups excluding carboxylic acids is 3. The number of piperidine rings is 2. The zero-order chi connectivity index (χ0) is 58.6. The molecule has 2 aromatic carbocycles. The Hall–Kier alpha value is -9.72. The molecular weight excluding hydrogens is 1060 g/mol. The summed E-state index contributed by atoms with van der Waals surface area (Å²) in [6.45, 7) is 6.03. The number of imidazole rings is 2. The molecule has 2 aliphatic rings. The number of hydrogen-bond donors (Lipinski definition) is 6. The lowest BCUT2D eigenvalue weighted by Gasteiger charge is -2.41. The molecule has 10 heterocycles. The van der Waals surface area contributed by atoms with E-state index in [-0.39, 0.29) is 23.0 Å². The van der Waals surface area contributed by atoms with Crippen molar-refractivity contribution in [1.29, 1.82) is 0 Å². The predicted molar refractivity (Wildman–Crippen MR) is 301 cm³/mol. The Morgan fingerprint density at radius 2 is 1.04 bits per heavy atom. The number of benzene rings is 2. The lowest BCUT2D eigenvalue weighted by molar-refractivity contribution is -0.132. The minimum atomic E-state index is -1.54. The average Bonchev–Trinajstić information content (AvgIpc) is 4.55. The summed E-state index contributed by atoms with van der Waals surface area (Å²) in [5.41, 5.74) is 0.460. The molecule has 25 nitrogen and oxygen atoms in total. The van der Waals surface area contributed by atoms with Crippen LogP contribution in [0, 0.1) is 25.7 Å². The zero-order valence-corrected chi connectivity index (χ0v) is 46.5. The number of likely N-dealkylation sites (tertiary alicyclic amines) is 1. The maximum absolute atomic E-state index is 13.6. The molecule has 0 saturated carbocycles. The van der Waals surface area contributed by atoms with Crippen molar-refractivity contribution in [2.45, 2.75) is 50.7 Å². The molecule has 83 heavy (non-hydrogen) atoms. The Kier molecular flexibility index (Phi) is 16.2. The van der Waals surface area contributed by atoms with Crippen LogP contribution in [0.25, 0.3) is 33.4 Å². The number of Topliss-reactive ketones (excluding diaryl/α,β-unsaturated/α-hetero) is 2. The number of fused-ring (bicyclic) bond motifs is 2. The van der Waals surface area contributed by atoms with Gasteiger partial charge in [-0.15, -0.1) is 0 Å². The number of pyridine rings is 2. The first-order valence-electron chi connectivity index (χ1n) is 26.8. The van der Waals surface area contributed by atoms with Crippen molar-refractivity contribution in [2.75, 3.05) is 40.4 Å². The summed E-state index contributed by atoms with van der Waals surface area (Å²) >= 11 is 0. The van der Waals surface area contributed by atoms with Gasteiger partial charge in [-0.05, 0) is 63.7 Å². The van der Waals surface area contributed by atoms with Crippen molar-refractivity contribution in [3.8, 4) is 23.1 Å². The van der Waals surface area contributed by atoms with Gasteiger partial charge in [-0.3, -0.25) is 14.4 Å². The van der Waals surface area contributed by atoms with E-state index in [9.17, 15) is 29.4 Å². The third kappa shape index (κ3) is 10.7. The van der Waals surface area contributed by atoms with Gasteiger partial charge < -0.3 is 54.1 Å². The second kappa shape index (κ2) is 23.8. The Morgan fingerprint density at radius 1 is 0.602 bits per heavy atom. The van der Waals surface area contributed by atoms with Crippen molar-refractivity contribution >= 4 is 45.2 Å². The summed E-state index contributed by atoms with van der Waals surface area (Å²) in [5, 5.41) is 45.2. The standard InChI is InChI=1S/C29H30N8O4.C16H21N3O.C13H11N5O4/c1-18-33-17-37(34-18)26-24-23(22(41-3)16-32-26)21(15-31-24)25(38)27(39)36-12-9-20(10-13-36)29(40,19-7-5-4-6-8-19)28-30-11-14-35(28)2;1-19-12-11-18-15(19)16(20,13-5-3-2-4-6-13)14-7-9-17-10-8-14;1-6-16-5-18(17-6)12-10-9(8(22-2)4-15-12)7(3-14-10)11(19)13(20)21/h4-8,11,14-17,20,31,40H,9-10,12-13H2,1-3H3;2-6,11-12,14,17,20H,7-10H2,1H3;3-5,14H,1-2H3,(H,20,21). The lowest BCUT2D eigenvalue weighted by atomic mass is 9.75. The van der Waals surface area contributed by atoms with Gasteiger partial charge in [0.15, 0.2) is 17.2 Å². The van der Waals surface area contributed by atoms with E-state index in [1.165, 1.54) is 61.0 Å². The quantitative estimate of drug-likeness (QED) is 0.0621. The Morgan fingerprint density at radius 3 is 1.42 bits per heavy atom. The van der Waals surface area contributed by atoms with Crippen LogP contribution >= 0.6 is 0 Å². The number of nitrogens with zero attached hydrogens (tertiary/aromatic N) is 13. The van der Waals surface area contributed by atoms with Gasteiger partial charge in [-0.25, -0.2) is 44.1 Å². The number of ketones is 2. The number of carboxylic acid groups (broad SMARTS) is 1. The minimum absolute atomic E-state index is 0.000151. The number of amides is 1. The van der Waals surface area contributed by atoms with Crippen LogP contribution in [0.5, 0.6) is 11.5 Å². The van der Waals surface area contributed by atoms with Gasteiger partial charge in [0.1, 0.15) is 53.1 Å². The third-order valence-electron chi connectivity index (χ3n) is 15.3. The number of methoxy groups -OCH3 is 2. The number of carboxylic acids is 1. The maximum atomic E-state index is 13.6. The van der Waals surface area contributed by atoms with Gasteiger partial charge in [-0.1, -0.05) is 60.7 Å². The third-order valence-corrected chi connectivity index (χ3v) is 15.3. The average molecular weight is 1130 g/mol. The predicted octanol–water partition coefficient (Wildman–Crippen LogP) is 4.94. The van der Waals surface area contributed by atoms with Crippen LogP contribution in [0.4, 0.5) is 0 Å². The SMILES string of the molecule is COc1cnc(-n2cnc(C)n2)c2[nH]cc(C(=O)C(=O)N3CCC(C(O)(c4ccccc4)c4nccn4C)CC3)c12.COc1cnc(-n2cnc(C)n2)c2[nH]cc(C(=O)C(=O)O)c12.Cn1ccnc1C(O)(c1ccccc1)C1CCNCC1. The molecule has 0 aliphatic carbocycles. The van der Waals surface area contributed by atoms with E-state index in [4.69, 9.17) is 14.6 Å². The zero-order valence-electron chi connectivity index (χ0n) is 46.5. The highest BCUT2D eigenvalue weighted by Gasteiger charge is 2.46. The fourth-order valence-corrected chi connectivity index (χ4v) is 11.2. The van der Waals surface area contributed by atoms with Gasteiger partial charge in [0.05, 0.1) is 59.5 Å². The van der Waals surface area contributed by atoms with Gasteiger partial charge in [0.2, 0.25) is 0 Å². The molecule has 12 rings (SSSR count). The summed E-state index contributed by atoms with van der Waals surface area (Å²) in [5.74, 6) is 0.0188. The van der Waals surface area contributed by atoms with Gasteiger partial charge in [0, 0.05) is 76.2 Å². The van der Waals surface area contributed by atoms with E-state index in [1.54, 1.807) is 37.3 Å². The van der Waals surface area contributed by atoms with Crippen molar-refractivity contribution in [3.63, 3.8) is 0 Å². The number of aryl methyl sites for hydroxylation is 4. The first-order chi connectivity index (χ1) is 40.1. The first kappa shape index (κ1) is 56.6. The number of ether oxygens (including phenoxy) is 2. The van der Waals surface area contributed by atoms with Crippen LogP contribution < -0.4 is 14.8 Å². The number of aliphatic carboxylic acids is 1. The number of nitrogens with one attached hydrogen (secondary N) is 3. The highest BCUT2D eigenvalue weighted by Crippen LogP contribution is 2.43. The molecule has 10 aromatic rings. The number of aliphatic hydroxyl groups is 2. The summed E-state index contributed by atoms with van der Waals surface area (Å²) in [7, 11) is 6.70. The van der Waals surface area contributed by atoms with E-state index in [0.717, 1.165) is 42.9 Å². The molecule has 0 spiro atoms. The molecule has 6 N–H and O–H groups in total. The molecule has 1 amide bonds. The fourth-order valence-electron chi connectivity index (χ4n) is 11.2. The van der Waals surface area contributed by atoms with Crippen LogP contribution in [-0.2, 0) is 34.9 Å². The van der Waals surface area contributed by atoms with Gasteiger partial charge >= 0.3 is 5.97 Å². The van der Waals surface area contributed by atoms with Crippen LogP contribution in [0.2, 0.25) is 0 Å².